The molecular formula is C23H30N6O3S. The average molecular weight is 471 g/mol. The number of benzene rings is 1. The second-order valence-corrected chi connectivity index (χ2v) is 9.19. The van der Waals surface area contributed by atoms with E-state index in [0.717, 1.165) is 46.5 Å². The maximum Gasteiger partial charge on any atom is 0.320 e. The zero-order chi connectivity index (χ0) is 23.4. The number of hydrogen-bond acceptors (Lipinski definition) is 10. The van der Waals surface area contributed by atoms with Crippen molar-refractivity contribution in [2.24, 2.45) is 0 Å². The van der Waals surface area contributed by atoms with Gasteiger partial charge in [-0.15, -0.1) is 11.3 Å². The van der Waals surface area contributed by atoms with E-state index in [4.69, 9.17) is 30.7 Å². The number of aryl methyl sites for hydroxylation is 1. The smallest absolute Gasteiger partial charge is 0.320 e. The van der Waals surface area contributed by atoms with Gasteiger partial charge in [0.2, 0.25) is 0 Å². The Hall–Kier alpha value is -3.11. The third-order valence-corrected chi connectivity index (χ3v) is 6.55. The van der Waals surface area contributed by atoms with Gasteiger partial charge in [0.15, 0.2) is 11.5 Å². The molecule has 4 rings (SSSR count). The Bertz CT molecular complexity index is 1080. The Morgan fingerprint density at radius 3 is 2.48 bits per heavy atom. The number of nitrogens with two attached hydrogens (primary N) is 2. The summed E-state index contributed by atoms with van der Waals surface area (Å²) in [7, 11) is 1.65. The van der Waals surface area contributed by atoms with Crippen LogP contribution < -0.4 is 25.7 Å². The van der Waals surface area contributed by atoms with E-state index in [2.05, 4.69) is 14.9 Å². The fourth-order valence-corrected chi connectivity index (χ4v) is 4.85. The highest BCUT2D eigenvalue weighted by Crippen LogP contribution is 2.37. The van der Waals surface area contributed by atoms with Gasteiger partial charge in [-0.1, -0.05) is 0 Å². The van der Waals surface area contributed by atoms with Crippen LogP contribution in [0, 0.1) is 6.92 Å². The van der Waals surface area contributed by atoms with E-state index in [1.54, 1.807) is 18.4 Å². The number of hydrogen-bond donors (Lipinski definition) is 2. The third-order valence-electron chi connectivity index (χ3n) is 5.52. The molecule has 1 aliphatic rings. The normalized spacial score (nSPS) is 14.9. The Balaban J connectivity index is 1.49. The molecule has 1 aromatic carbocycles. The minimum Gasteiger partial charge on any atom is -0.493 e. The van der Waals surface area contributed by atoms with Gasteiger partial charge in [-0.2, -0.15) is 9.97 Å². The van der Waals surface area contributed by atoms with Crippen molar-refractivity contribution in [2.45, 2.75) is 32.8 Å². The lowest BCUT2D eigenvalue weighted by Gasteiger charge is -2.16. The van der Waals surface area contributed by atoms with Crippen molar-refractivity contribution < 1.29 is 14.2 Å². The molecule has 1 aliphatic heterocycles. The van der Waals surface area contributed by atoms with Gasteiger partial charge >= 0.3 is 6.01 Å². The molecule has 2 aromatic heterocycles. The van der Waals surface area contributed by atoms with Crippen LogP contribution in [0.25, 0.3) is 10.6 Å². The maximum absolute atomic E-state index is 6.08. The molecule has 0 amide bonds. The van der Waals surface area contributed by atoms with Gasteiger partial charge in [-0.3, -0.25) is 4.90 Å². The molecule has 1 fully saturated rings. The Labute approximate surface area is 197 Å². The van der Waals surface area contributed by atoms with Crippen LogP contribution in [0.4, 0.5) is 11.6 Å². The van der Waals surface area contributed by atoms with Gasteiger partial charge in [0.05, 0.1) is 12.8 Å². The Morgan fingerprint density at radius 1 is 1.06 bits per heavy atom. The second kappa shape index (κ2) is 10.2. The van der Waals surface area contributed by atoms with Crippen LogP contribution in [0.2, 0.25) is 0 Å². The molecule has 3 aromatic rings. The highest BCUT2D eigenvalue weighted by Gasteiger charge is 2.20. The summed E-state index contributed by atoms with van der Waals surface area (Å²) < 4.78 is 17.5. The lowest BCUT2D eigenvalue weighted by Crippen LogP contribution is -2.25. The van der Waals surface area contributed by atoms with E-state index < -0.39 is 0 Å². The molecule has 0 unspecified atom stereocenters. The molecule has 176 valence electrons. The summed E-state index contributed by atoms with van der Waals surface area (Å²) in [4.78, 5) is 16.5. The van der Waals surface area contributed by atoms with Gasteiger partial charge in [0.25, 0.3) is 0 Å². The van der Waals surface area contributed by atoms with Crippen LogP contribution in [0.1, 0.15) is 36.4 Å². The van der Waals surface area contributed by atoms with Crippen LogP contribution in [0.5, 0.6) is 17.5 Å². The van der Waals surface area contributed by atoms with Gasteiger partial charge in [-0.25, -0.2) is 4.98 Å². The molecule has 33 heavy (non-hydrogen) atoms. The topological polar surface area (TPSA) is 122 Å². The number of ether oxygens (including phenoxy) is 3. The van der Waals surface area contributed by atoms with E-state index in [9.17, 15) is 0 Å². The Morgan fingerprint density at radius 2 is 1.79 bits per heavy atom. The Kier molecular flexibility index (Phi) is 7.14. The zero-order valence-corrected chi connectivity index (χ0v) is 20.0. The number of thiazole rings is 1. The van der Waals surface area contributed by atoms with Gasteiger partial charge in [0.1, 0.15) is 29.4 Å². The van der Waals surface area contributed by atoms with Crippen molar-refractivity contribution in [2.75, 3.05) is 44.8 Å². The minimum atomic E-state index is -0.370. The largest absolute Gasteiger partial charge is 0.493 e. The highest BCUT2D eigenvalue weighted by molar-refractivity contribution is 7.15. The molecular weight excluding hydrogens is 440 g/mol. The molecule has 9 nitrogen and oxygen atoms in total. The van der Waals surface area contributed by atoms with Crippen molar-refractivity contribution in [1.82, 2.24) is 19.9 Å². The molecule has 1 atom stereocenters. The minimum absolute atomic E-state index is 0.132. The summed E-state index contributed by atoms with van der Waals surface area (Å²) in [5.41, 5.74) is 13.3. The third kappa shape index (κ3) is 5.63. The van der Waals surface area contributed by atoms with E-state index in [1.807, 2.05) is 32.0 Å². The summed E-state index contributed by atoms with van der Waals surface area (Å²) >= 11 is 1.59. The first-order valence-corrected chi connectivity index (χ1v) is 11.8. The van der Waals surface area contributed by atoms with Crippen molar-refractivity contribution in [3.63, 3.8) is 0 Å². The molecule has 1 saturated heterocycles. The van der Waals surface area contributed by atoms with Gasteiger partial charge in [0, 0.05) is 23.1 Å². The van der Waals surface area contributed by atoms with Crippen LogP contribution in [-0.4, -0.2) is 53.2 Å². The SMILES string of the molecule is COc1ccc(-c2nc([C@H](C)Oc3nc(N)cc(N)n3)c(C)s2)cc1OCCN1CCCC1. The number of aromatic nitrogens is 3. The number of nitrogen functional groups attached to an aromatic ring is 2. The molecule has 10 heteroatoms. The van der Waals surface area contributed by atoms with E-state index >= 15 is 0 Å². The second-order valence-electron chi connectivity index (χ2n) is 7.98. The van der Waals surface area contributed by atoms with Crippen LogP contribution >= 0.6 is 11.3 Å². The quantitative estimate of drug-likeness (QED) is 0.482. The number of methoxy groups -OCH3 is 1. The van der Waals surface area contributed by atoms with Crippen LogP contribution in [0.3, 0.4) is 0 Å². The predicted octanol–water partition coefficient (Wildman–Crippen LogP) is 3.70. The maximum atomic E-state index is 6.08. The van der Waals surface area contributed by atoms with Crippen molar-refractivity contribution in [1.29, 1.82) is 0 Å². The monoisotopic (exact) mass is 470 g/mol. The van der Waals surface area contributed by atoms with E-state index in [1.165, 1.54) is 18.9 Å². The molecule has 0 aliphatic carbocycles. The average Bonchev–Trinajstić information content (AvgIpc) is 3.42. The first-order valence-electron chi connectivity index (χ1n) is 11.0. The fourth-order valence-electron chi connectivity index (χ4n) is 3.85. The molecule has 3 heterocycles. The lowest BCUT2D eigenvalue weighted by atomic mass is 10.2. The van der Waals surface area contributed by atoms with Gasteiger partial charge < -0.3 is 25.7 Å². The fraction of sp³-hybridized carbons (Fsp3) is 0.435. The van der Waals surface area contributed by atoms with Crippen LogP contribution in [0.15, 0.2) is 24.3 Å². The standard InChI is InChI=1S/C23H30N6O3S/c1-14(32-23-26-19(24)13-20(25)27-23)21-15(2)33-22(28-21)16-6-7-17(30-3)18(12-16)31-11-10-29-8-4-5-9-29/h6-7,12-14H,4-5,8-11H2,1-3H3,(H4,24,25,26,27)/t14-/m0/s1. The summed E-state index contributed by atoms with van der Waals surface area (Å²) in [6, 6.07) is 7.50. The lowest BCUT2D eigenvalue weighted by molar-refractivity contribution is 0.203. The van der Waals surface area contributed by atoms with E-state index in [0.29, 0.717) is 12.4 Å². The van der Waals surface area contributed by atoms with Crippen molar-refractivity contribution in [3.8, 4) is 28.1 Å². The molecule has 0 bridgehead atoms. The van der Waals surface area contributed by atoms with Crippen LogP contribution in [-0.2, 0) is 0 Å². The zero-order valence-electron chi connectivity index (χ0n) is 19.2. The highest BCUT2D eigenvalue weighted by atomic mass is 32.1. The first kappa shape index (κ1) is 23.1. The number of nitrogens with zero attached hydrogens (tertiary/aromatic N) is 4. The number of rotatable bonds is 9. The number of likely N-dealkylation sites (tertiary alicyclic amines) is 1. The summed E-state index contributed by atoms with van der Waals surface area (Å²) in [5, 5.41) is 0.873. The first-order chi connectivity index (χ1) is 15.9. The van der Waals surface area contributed by atoms with Crippen molar-refractivity contribution >= 4 is 23.0 Å². The number of anilines is 2. The summed E-state index contributed by atoms with van der Waals surface area (Å²) in [6.07, 6.45) is 2.17. The van der Waals surface area contributed by atoms with Crippen molar-refractivity contribution in [3.05, 3.63) is 34.8 Å². The molecule has 0 spiro atoms. The molecule has 4 N–H and O–H groups in total. The summed E-state index contributed by atoms with van der Waals surface area (Å²) in [6.45, 7) is 7.75. The molecule has 0 saturated carbocycles. The predicted molar refractivity (Wildman–Crippen MR) is 130 cm³/mol. The van der Waals surface area contributed by atoms with E-state index in [-0.39, 0.29) is 23.8 Å². The van der Waals surface area contributed by atoms with Gasteiger partial charge in [-0.05, 0) is 58.0 Å². The summed E-state index contributed by atoms with van der Waals surface area (Å²) in [5.74, 6) is 1.95. The molecule has 0 radical (unpaired) electrons.